The zero-order valence-corrected chi connectivity index (χ0v) is 17.1. The molecule has 1 saturated carbocycles. The number of carbonyl (C=O) groups is 2. The van der Waals surface area contributed by atoms with Crippen LogP contribution in [0.1, 0.15) is 28.8 Å². The van der Waals surface area contributed by atoms with Crippen molar-refractivity contribution in [2.24, 2.45) is 0 Å². The van der Waals surface area contributed by atoms with Gasteiger partial charge in [0.05, 0.1) is 17.3 Å². The molecule has 1 aliphatic rings. The van der Waals surface area contributed by atoms with Gasteiger partial charge >= 0.3 is 0 Å². The maximum atomic E-state index is 14.1. The monoisotopic (exact) mass is 418 g/mol. The second kappa shape index (κ2) is 9.53. The highest BCUT2D eigenvalue weighted by Gasteiger charge is 2.35. The van der Waals surface area contributed by atoms with E-state index in [1.54, 1.807) is 48.5 Å². The number of amides is 2. The van der Waals surface area contributed by atoms with Gasteiger partial charge in [-0.3, -0.25) is 9.59 Å². The molecule has 1 aliphatic carbocycles. The van der Waals surface area contributed by atoms with E-state index >= 15 is 0 Å². The third-order valence-electron chi connectivity index (χ3n) is 5.40. The topological polar surface area (TPSA) is 62.6 Å². The van der Waals surface area contributed by atoms with Crippen molar-refractivity contribution in [1.82, 2.24) is 0 Å². The molecule has 0 saturated heterocycles. The van der Waals surface area contributed by atoms with Gasteiger partial charge in [-0.05, 0) is 30.3 Å². The summed E-state index contributed by atoms with van der Waals surface area (Å²) in [5.41, 5.74) is 2.14. The standard InChI is InChI=1S/C25H24FN3O2/c26-22-12-6-4-8-18(22)16-29(20-14-15-20)17-24(30)28-23-13-7-5-11-21(23)25(31)27-19-9-2-1-3-10-19/h1-13,20H,14-17H2,(H,27,31)(H,28,30)/p+1. The molecule has 0 aliphatic heterocycles. The zero-order chi connectivity index (χ0) is 21.6. The molecule has 6 heteroatoms. The molecular formula is C25H25FN3O2+. The van der Waals surface area contributed by atoms with Crippen LogP contribution in [0.3, 0.4) is 0 Å². The molecule has 1 unspecified atom stereocenters. The fourth-order valence-corrected chi connectivity index (χ4v) is 3.64. The van der Waals surface area contributed by atoms with Crippen LogP contribution in [0.4, 0.5) is 15.8 Å². The van der Waals surface area contributed by atoms with Crippen LogP contribution >= 0.6 is 0 Å². The number of carbonyl (C=O) groups excluding carboxylic acids is 2. The van der Waals surface area contributed by atoms with Crippen LogP contribution < -0.4 is 15.5 Å². The Morgan fingerprint density at radius 2 is 1.55 bits per heavy atom. The van der Waals surface area contributed by atoms with E-state index in [9.17, 15) is 14.0 Å². The largest absolute Gasteiger partial charge is 0.322 e. The Hall–Kier alpha value is -3.51. The fraction of sp³-hybridized carbons (Fsp3) is 0.200. The predicted molar refractivity (Wildman–Crippen MR) is 118 cm³/mol. The number of rotatable bonds is 8. The third-order valence-corrected chi connectivity index (χ3v) is 5.40. The lowest BCUT2D eigenvalue weighted by Gasteiger charge is -2.19. The van der Waals surface area contributed by atoms with Gasteiger partial charge in [-0.1, -0.05) is 48.5 Å². The number of benzene rings is 3. The molecule has 0 spiro atoms. The number of anilines is 2. The predicted octanol–water partition coefficient (Wildman–Crippen LogP) is 3.26. The molecule has 0 heterocycles. The molecule has 3 aromatic rings. The first-order valence-corrected chi connectivity index (χ1v) is 10.4. The summed E-state index contributed by atoms with van der Waals surface area (Å²) in [5, 5.41) is 5.72. The van der Waals surface area contributed by atoms with Gasteiger partial charge in [0, 0.05) is 24.1 Å². The van der Waals surface area contributed by atoms with Crippen LogP contribution in [0.15, 0.2) is 78.9 Å². The molecule has 4 rings (SSSR count). The number of para-hydroxylation sites is 2. The molecule has 158 valence electrons. The summed E-state index contributed by atoms with van der Waals surface area (Å²) in [4.78, 5) is 26.6. The van der Waals surface area contributed by atoms with Gasteiger partial charge < -0.3 is 15.5 Å². The minimum atomic E-state index is -0.292. The number of nitrogens with one attached hydrogen (secondary N) is 3. The van der Waals surface area contributed by atoms with E-state index in [0.717, 1.165) is 17.7 Å². The smallest absolute Gasteiger partial charge is 0.279 e. The summed E-state index contributed by atoms with van der Waals surface area (Å²) >= 11 is 0. The molecule has 5 nitrogen and oxygen atoms in total. The lowest BCUT2D eigenvalue weighted by Crippen LogP contribution is -3.13. The molecule has 0 radical (unpaired) electrons. The number of halogens is 1. The summed E-state index contributed by atoms with van der Waals surface area (Å²) in [7, 11) is 0. The number of hydrogen-bond donors (Lipinski definition) is 3. The maximum Gasteiger partial charge on any atom is 0.279 e. The zero-order valence-electron chi connectivity index (χ0n) is 17.1. The molecule has 1 atom stereocenters. The van der Waals surface area contributed by atoms with Crippen LogP contribution in [0, 0.1) is 5.82 Å². The Morgan fingerprint density at radius 3 is 2.29 bits per heavy atom. The van der Waals surface area contributed by atoms with Gasteiger partial charge in [0.1, 0.15) is 12.4 Å². The first-order chi connectivity index (χ1) is 15.1. The minimum Gasteiger partial charge on any atom is -0.322 e. The lowest BCUT2D eigenvalue weighted by molar-refractivity contribution is -0.917. The summed E-state index contributed by atoms with van der Waals surface area (Å²) < 4.78 is 14.1. The molecular weight excluding hydrogens is 393 g/mol. The molecule has 31 heavy (non-hydrogen) atoms. The van der Waals surface area contributed by atoms with Gasteiger partial charge in [0.15, 0.2) is 6.54 Å². The van der Waals surface area contributed by atoms with Crippen molar-refractivity contribution >= 4 is 23.2 Å². The summed E-state index contributed by atoms with van der Waals surface area (Å²) in [5.74, 6) is -0.734. The highest BCUT2D eigenvalue weighted by Crippen LogP contribution is 2.18. The van der Waals surface area contributed by atoms with Crippen molar-refractivity contribution in [3.8, 4) is 0 Å². The van der Waals surface area contributed by atoms with Crippen molar-refractivity contribution < 1.29 is 18.9 Å². The highest BCUT2D eigenvalue weighted by atomic mass is 19.1. The van der Waals surface area contributed by atoms with Crippen molar-refractivity contribution in [3.05, 3.63) is 95.8 Å². The Balaban J connectivity index is 1.43. The third kappa shape index (κ3) is 5.55. The second-order valence-electron chi connectivity index (χ2n) is 7.79. The molecule has 1 fully saturated rings. The van der Waals surface area contributed by atoms with Crippen LogP contribution in [-0.4, -0.2) is 24.4 Å². The molecule has 2 amide bonds. The van der Waals surface area contributed by atoms with Crippen LogP contribution in [-0.2, 0) is 11.3 Å². The fourth-order valence-electron chi connectivity index (χ4n) is 3.64. The van der Waals surface area contributed by atoms with Crippen molar-refractivity contribution in [2.45, 2.75) is 25.4 Å². The quantitative estimate of drug-likeness (QED) is 0.526. The van der Waals surface area contributed by atoms with Crippen molar-refractivity contribution in [1.29, 1.82) is 0 Å². The Labute approximate surface area is 180 Å². The molecule has 3 N–H and O–H groups in total. The molecule has 0 bridgehead atoms. The van der Waals surface area contributed by atoms with Gasteiger partial charge in [0.2, 0.25) is 0 Å². The van der Waals surface area contributed by atoms with E-state index in [1.165, 1.54) is 6.07 Å². The van der Waals surface area contributed by atoms with Crippen molar-refractivity contribution in [3.63, 3.8) is 0 Å². The Morgan fingerprint density at radius 1 is 0.871 bits per heavy atom. The minimum absolute atomic E-state index is 0.196. The summed E-state index contributed by atoms with van der Waals surface area (Å²) in [6.45, 7) is 0.675. The lowest BCUT2D eigenvalue weighted by atomic mass is 10.1. The van der Waals surface area contributed by atoms with Crippen molar-refractivity contribution in [2.75, 3.05) is 17.2 Å². The van der Waals surface area contributed by atoms with Gasteiger partial charge in [0.25, 0.3) is 11.8 Å². The first-order valence-electron chi connectivity index (χ1n) is 10.4. The van der Waals surface area contributed by atoms with E-state index in [0.29, 0.717) is 35.1 Å². The SMILES string of the molecule is O=C(C[NH+](Cc1ccccc1F)C1CC1)Nc1ccccc1C(=O)Nc1ccccc1. The van der Waals surface area contributed by atoms with E-state index in [2.05, 4.69) is 10.6 Å². The summed E-state index contributed by atoms with van der Waals surface area (Å²) in [6, 6.07) is 23.1. The van der Waals surface area contributed by atoms with Crippen LogP contribution in [0.25, 0.3) is 0 Å². The normalized spacial score (nSPS) is 14.0. The average molecular weight is 418 g/mol. The Kier molecular flexibility index (Phi) is 6.38. The van der Waals surface area contributed by atoms with Crippen LogP contribution in [0.2, 0.25) is 0 Å². The van der Waals surface area contributed by atoms with E-state index in [4.69, 9.17) is 0 Å². The maximum absolute atomic E-state index is 14.1. The number of hydrogen-bond acceptors (Lipinski definition) is 2. The van der Waals surface area contributed by atoms with Gasteiger partial charge in [-0.15, -0.1) is 0 Å². The van der Waals surface area contributed by atoms with E-state index in [-0.39, 0.29) is 24.2 Å². The van der Waals surface area contributed by atoms with Gasteiger partial charge in [-0.25, -0.2) is 4.39 Å². The molecule has 3 aromatic carbocycles. The Bertz CT molecular complexity index is 1070. The van der Waals surface area contributed by atoms with Gasteiger partial charge in [-0.2, -0.15) is 0 Å². The average Bonchev–Trinajstić information content (AvgIpc) is 3.61. The van der Waals surface area contributed by atoms with E-state index in [1.807, 2.05) is 24.3 Å². The second-order valence-corrected chi connectivity index (χ2v) is 7.79. The summed E-state index contributed by atoms with van der Waals surface area (Å²) in [6.07, 6.45) is 2.07. The highest BCUT2D eigenvalue weighted by molar-refractivity contribution is 6.10. The number of quaternary nitrogens is 1. The first kappa shape index (κ1) is 20.8. The van der Waals surface area contributed by atoms with Crippen LogP contribution in [0.5, 0.6) is 0 Å². The molecule has 0 aromatic heterocycles. The van der Waals surface area contributed by atoms with E-state index < -0.39 is 0 Å².